The summed E-state index contributed by atoms with van der Waals surface area (Å²) in [6.45, 7) is 4.20. The van der Waals surface area contributed by atoms with Gasteiger partial charge in [0.05, 0.1) is 6.61 Å². The molecular formula is C15H22FNO3. The molecule has 1 aromatic carbocycles. The number of amides is 1. The van der Waals surface area contributed by atoms with E-state index in [0.29, 0.717) is 25.2 Å². The fourth-order valence-electron chi connectivity index (χ4n) is 1.58. The van der Waals surface area contributed by atoms with Crippen LogP contribution in [0.1, 0.15) is 26.7 Å². The summed E-state index contributed by atoms with van der Waals surface area (Å²) < 4.78 is 18.1. The molecule has 0 saturated carbocycles. The monoisotopic (exact) mass is 283 g/mol. The lowest BCUT2D eigenvalue weighted by Gasteiger charge is -2.19. The van der Waals surface area contributed by atoms with Crippen LogP contribution in [0.3, 0.4) is 0 Å². The molecule has 0 aromatic heterocycles. The fraction of sp³-hybridized carbons (Fsp3) is 0.533. The van der Waals surface area contributed by atoms with Gasteiger partial charge < -0.3 is 15.2 Å². The first-order valence-electron chi connectivity index (χ1n) is 6.81. The van der Waals surface area contributed by atoms with Gasteiger partial charge in [-0.25, -0.2) is 4.39 Å². The van der Waals surface area contributed by atoms with Crippen molar-refractivity contribution in [1.82, 2.24) is 5.32 Å². The summed E-state index contributed by atoms with van der Waals surface area (Å²) in [7, 11) is 0. The minimum atomic E-state index is -0.302. The zero-order valence-corrected chi connectivity index (χ0v) is 11.9. The van der Waals surface area contributed by atoms with Crippen LogP contribution >= 0.6 is 0 Å². The maximum absolute atomic E-state index is 12.7. The third kappa shape index (κ3) is 6.02. The van der Waals surface area contributed by atoms with E-state index in [4.69, 9.17) is 9.84 Å². The van der Waals surface area contributed by atoms with Crippen LogP contribution in [-0.4, -0.2) is 30.3 Å². The Balaban J connectivity index is 2.17. The van der Waals surface area contributed by atoms with Crippen LogP contribution in [0.2, 0.25) is 0 Å². The molecule has 112 valence electrons. The summed E-state index contributed by atoms with van der Waals surface area (Å²) in [5.41, 5.74) is 0. The highest BCUT2D eigenvalue weighted by Crippen LogP contribution is 2.11. The number of carbonyl (C=O) groups is 1. The molecule has 2 N–H and O–H groups in total. The van der Waals surface area contributed by atoms with Crippen molar-refractivity contribution in [1.29, 1.82) is 0 Å². The lowest BCUT2D eigenvalue weighted by atomic mass is 10.1. The van der Waals surface area contributed by atoms with Crippen molar-refractivity contribution >= 4 is 5.91 Å². The maximum atomic E-state index is 12.7. The van der Waals surface area contributed by atoms with Gasteiger partial charge in [-0.15, -0.1) is 0 Å². The van der Waals surface area contributed by atoms with Gasteiger partial charge in [0, 0.05) is 19.1 Å². The molecule has 1 rings (SSSR count). The summed E-state index contributed by atoms with van der Waals surface area (Å²) in [5.74, 6) is 0.271. The van der Waals surface area contributed by atoms with Crippen molar-refractivity contribution in [3.63, 3.8) is 0 Å². The SMILES string of the molecule is CC(CO)C(C)NC(=O)CCCOc1ccc(F)cc1. The van der Waals surface area contributed by atoms with Gasteiger partial charge in [0.1, 0.15) is 11.6 Å². The van der Waals surface area contributed by atoms with Crippen molar-refractivity contribution < 1.29 is 19.0 Å². The zero-order chi connectivity index (χ0) is 15.0. The van der Waals surface area contributed by atoms with Gasteiger partial charge in [-0.2, -0.15) is 0 Å². The largest absolute Gasteiger partial charge is 0.494 e. The minimum absolute atomic E-state index is 0.0365. The molecule has 0 radical (unpaired) electrons. The maximum Gasteiger partial charge on any atom is 0.220 e. The number of halogens is 1. The molecule has 0 saturated heterocycles. The topological polar surface area (TPSA) is 58.6 Å². The quantitative estimate of drug-likeness (QED) is 0.718. The molecule has 0 aliphatic carbocycles. The normalized spacial score (nSPS) is 13.6. The number of rotatable bonds is 8. The van der Waals surface area contributed by atoms with E-state index in [-0.39, 0.29) is 30.3 Å². The number of ether oxygens (including phenoxy) is 1. The zero-order valence-electron chi connectivity index (χ0n) is 11.9. The van der Waals surface area contributed by atoms with Crippen molar-refractivity contribution in [3.05, 3.63) is 30.1 Å². The first kappa shape index (κ1) is 16.4. The van der Waals surface area contributed by atoms with Gasteiger partial charge in [0.2, 0.25) is 5.91 Å². The van der Waals surface area contributed by atoms with E-state index >= 15 is 0 Å². The number of hydrogen-bond donors (Lipinski definition) is 2. The molecular weight excluding hydrogens is 261 g/mol. The van der Waals surface area contributed by atoms with Gasteiger partial charge in [0.15, 0.2) is 0 Å². The summed E-state index contributed by atoms with van der Waals surface area (Å²) in [6, 6.07) is 5.73. The summed E-state index contributed by atoms with van der Waals surface area (Å²) in [5, 5.41) is 11.8. The molecule has 0 aliphatic heterocycles. The standard InChI is InChI=1S/C15H22FNO3/c1-11(10-18)12(2)17-15(19)4-3-9-20-14-7-5-13(16)6-8-14/h5-8,11-12,18H,3-4,9-10H2,1-2H3,(H,17,19). The lowest BCUT2D eigenvalue weighted by Crippen LogP contribution is -2.38. The molecule has 0 fully saturated rings. The van der Waals surface area contributed by atoms with E-state index in [1.807, 2.05) is 13.8 Å². The number of benzene rings is 1. The molecule has 4 nitrogen and oxygen atoms in total. The van der Waals surface area contributed by atoms with Crippen LogP contribution in [0.15, 0.2) is 24.3 Å². The third-order valence-corrected chi connectivity index (χ3v) is 3.16. The third-order valence-electron chi connectivity index (χ3n) is 3.16. The first-order valence-corrected chi connectivity index (χ1v) is 6.81. The Kier molecular flexibility index (Phi) is 7.01. The predicted molar refractivity (Wildman–Crippen MR) is 75.0 cm³/mol. The van der Waals surface area contributed by atoms with Crippen LogP contribution in [0.4, 0.5) is 4.39 Å². The van der Waals surface area contributed by atoms with E-state index in [1.54, 1.807) is 12.1 Å². The molecule has 0 spiro atoms. The predicted octanol–water partition coefficient (Wildman–Crippen LogP) is 2.12. The van der Waals surface area contributed by atoms with Crippen molar-refractivity contribution in [2.24, 2.45) is 5.92 Å². The Hall–Kier alpha value is -1.62. The highest BCUT2D eigenvalue weighted by Gasteiger charge is 2.13. The average Bonchev–Trinajstić information content (AvgIpc) is 2.44. The Bertz CT molecular complexity index is 408. The molecule has 0 aliphatic rings. The molecule has 2 atom stereocenters. The van der Waals surface area contributed by atoms with Crippen LogP contribution < -0.4 is 10.1 Å². The minimum Gasteiger partial charge on any atom is -0.494 e. The van der Waals surface area contributed by atoms with E-state index in [1.165, 1.54) is 12.1 Å². The summed E-state index contributed by atoms with van der Waals surface area (Å²) >= 11 is 0. The van der Waals surface area contributed by atoms with Crippen LogP contribution in [0, 0.1) is 11.7 Å². The van der Waals surface area contributed by atoms with Gasteiger partial charge in [0.25, 0.3) is 0 Å². The second-order valence-electron chi connectivity index (χ2n) is 4.92. The number of hydrogen-bond acceptors (Lipinski definition) is 3. The second-order valence-corrected chi connectivity index (χ2v) is 4.92. The fourth-order valence-corrected chi connectivity index (χ4v) is 1.58. The number of nitrogens with one attached hydrogen (secondary N) is 1. The van der Waals surface area contributed by atoms with Gasteiger partial charge in [-0.1, -0.05) is 6.92 Å². The van der Waals surface area contributed by atoms with Gasteiger partial charge in [-0.3, -0.25) is 4.79 Å². The average molecular weight is 283 g/mol. The van der Waals surface area contributed by atoms with E-state index in [2.05, 4.69) is 5.32 Å². The highest BCUT2D eigenvalue weighted by atomic mass is 19.1. The molecule has 1 amide bonds. The Morgan fingerprint density at radius 1 is 1.35 bits per heavy atom. The van der Waals surface area contributed by atoms with Crippen LogP contribution in [0.25, 0.3) is 0 Å². The van der Waals surface area contributed by atoms with Gasteiger partial charge >= 0.3 is 0 Å². The summed E-state index contributed by atoms with van der Waals surface area (Å²) in [4.78, 5) is 11.6. The van der Waals surface area contributed by atoms with E-state index in [9.17, 15) is 9.18 Å². The first-order chi connectivity index (χ1) is 9.52. The Labute approximate surface area is 119 Å². The van der Waals surface area contributed by atoms with Crippen LogP contribution in [0.5, 0.6) is 5.75 Å². The van der Waals surface area contributed by atoms with Crippen LogP contribution in [-0.2, 0) is 4.79 Å². The molecule has 20 heavy (non-hydrogen) atoms. The molecule has 5 heteroatoms. The number of aliphatic hydroxyl groups excluding tert-OH is 1. The number of carbonyl (C=O) groups excluding carboxylic acids is 1. The molecule has 2 unspecified atom stereocenters. The van der Waals surface area contributed by atoms with Crippen molar-refractivity contribution in [3.8, 4) is 5.75 Å². The summed E-state index contributed by atoms with van der Waals surface area (Å²) in [6.07, 6.45) is 0.952. The lowest BCUT2D eigenvalue weighted by molar-refractivity contribution is -0.122. The van der Waals surface area contributed by atoms with E-state index in [0.717, 1.165) is 0 Å². The Morgan fingerprint density at radius 3 is 2.60 bits per heavy atom. The molecule has 1 aromatic rings. The van der Waals surface area contributed by atoms with E-state index < -0.39 is 0 Å². The smallest absolute Gasteiger partial charge is 0.220 e. The van der Waals surface area contributed by atoms with Gasteiger partial charge in [-0.05, 0) is 43.5 Å². The number of aliphatic hydroxyl groups is 1. The molecule has 0 heterocycles. The molecule has 0 bridgehead atoms. The Morgan fingerprint density at radius 2 is 2.00 bits per heavy atom. The van der Waals surface area contributed by atoms with Crippen molar-refractivity contribution in [2.45, 2.75) is 32.7 Å². The van der Waals surface area contributed by atoms with Crippen molar-refractivity contribution in [2.75, 3.05) is 13.2 Å². The second kappa shape index (κ2) is 8.53. The highest BCUT2D eigenvalue weighted by molar-refractivity contribution is 5.76.